The average Bonchev–Trinajstić information content (AvgIpc) is 2.90. The second-order valence-corrected chi connectivity index (χ2v) is 7.03. The predicted molar refractivity (Wildman–Crippen MR) is 75.9 cm³/mol. The molecule has 0 aliphatic carbocycles. The summed E-state index contributed by atoms with van der Waals surface area (Å²) in [5, 5.41) is 0. The zero-order valence-electron chi connectivity index (χ0n) is 10.4. The summed E-state index contributed by atoms with van der Waals surface area (Å²) < 4.78 is 18.2. The van der Waals surface area contributed by atoms with E-state index < -0.39 is 11.2 Å². The summed E-state index contributed by atoms with van der Waals surface area (Å²) in [6.45, 7) is 4.24. The summed E-state index contributed by atoms with van der Waals surface area (Å²) in [6.07, 6.45) is 1.74. The third kappa shape index (κ3) is 3.24. The normalized spacial score (nSPS) is 18.8. The van der Waals surface area contributed by atoms with Gasteiger partial charge >= 0.3 is 4.34 Å². The summed E-state index contributed by atoms with van der Waals surface area (Å²) in [5.41, 5.74) is 0.835. The Balaban J connectivity index is 1.61. The largest absolute Gasteiger partial charge is 0.610 e. The number of thiazole rings is 1. The van der Waals surface area contributed by atoms with Crippen LogP contribution in [0, 0.1) is 0 Å². The van der Waals surface area contributed by atoms with Gasteiger partial charge in [-0.3, -0.25) is 4.90 Å². The first-order valence-electron chi connectivity index (χ1n) is 6.23. The van der Waals surface area contributed by atoms with E-state index in [1.807, 2.05) is 12.1 Å². The zero-order valence-corrected chi connectivity index (χ0v) is 12.1. The second-order valence-electron chi connectivity index (χ2n) is 4.31. The van der Waals surface area contributed by atoms with Gasteiger partial charge < -0.3 is 9.29 Å². The van der Waals surface area contributed by atoms with E-state index in [4.69, 9.17) is 4.74 Å². The number of fused-ring (bicyclic) bond motifs is 1. The molecule has 1 atom stereocenters. The molecule has 3 heterocycles. The lowest BCUT2D eigenvalue weighted by molar-refractivity contribution is 0.0408. The quantitative estimate of drug-likeness (QED) is 0.792. The second kappa shape index (κ2) is 6.15. The van der Waals surface area contributed by atoms with Crippen molar-refractivity contribution in [1.82, 2.24) is 14.9 Å². The highest BCUT2D eigenvalue weighted by atomic mass is 32.2. The Morgan fingerprint density at radius 2 is 2.26 bits per heavy atom. The molecule has 1 aliphatic heterocycles. The Hall–Kier alpha value is -0.730. The van der Waals surface area contributed by atoms with Crippen molar-refractivity contribution in [2.75, 3.05) is 38.6 Å². The topological polar surface area (TPSA) is 61.3 Å². The lowest BCUT2D eigenvalue weighted by Gasteiger charge is -2.26. The van der Waals surface area contributed by atoms with Gasteiger partial charge in [-0.1, -0.05) is 0 Å². The van der Waals surface area contributed by atoms with Gasteiger partial charge in [0.1, 0.15) is 16.1 Å². The van der Waals surface area contributed by atoms with E-state index in [1.165, 1.54) is 11.3 Å². The van der Waals surface area contributed by atoms with Crippen molar-refractivity contribution in [3.05, 3.63) is 18.3 Å². The highest BCUT2D eigenvalue weighted by Crippen LogP contribution is 2.24. The smallest absolute Gasteiger partial charge is 0.304 e. The summed E-state index contributed by atoms with van der Waals surface area (Å²) in [5.74, 6) is 0.625. The van der Waals surface area contributed by atoms with Crippen molar-refractivity contribution in [3.8, 4) is 0 Å². The Kier molecular flexibility index (Phi) is 4.29. The third-order valence-corrected chi connectivity index (χ3v) is 5.65. The van der Waals surface area contributed by atoms with Crippen LogP contribution in [-0.2, 0) is 15.9 Å². The molecule has 1 fully saturated rings. The average molecular weight is 297 g/mol. The highest BCUT2D eigenvalue weighted by molar-refractivity contribution is 7.93. The lowest BCUT2D eigenvalue weighted by atomic mass is 10.4. The molecule has 1 saturated heterocycles. The maximum atomic E-state index is 12.2. The van der Waals surface area contributed by atoms with Crippen LogP contribution in [0.15, 0.2) is 22.7 Å². The molecule has 0 spiro atoms. The molecular weight excluding hydrogens is 282 g/mol. The first-order chi connectivity index (χ1) is 9.33. The first kappa shape index (κ1) is 13.3. The number of hydrogen-bond donors (Lipinski definition) is 0. The van der Waals surface area contributed by atoms with E-state index in [1.54, 1.807) is 6.20 Å². The van der Waals surface area contributed by atoms with E-state index in [-0.39, 0.29) is 0 Å². The van der Waals surface area contributed by atoms with Crippen LogP contribution in [-0.4, -0.2) is 58.0 Å². The maximum Gasteiger partial charge on any atom is 0.304 e. The van der Waals surface area contributed by atoms with Crippen LogP contribution in [0.25, 0.3) is 10.3 Å². The Bertz CT molecular complexity index is 510. The number of pyridine rings is 1. The van der Waals surface area contributed by atoms with Crippen molar-refractivity contribution >= 4 is 32.9 Å². The number of morpholine rings is 1. The van der Waals surface area contributed by atoms with Gasteiger partial charge in [-0.15, -0.1) is 0 Å². The zero-order chi connectivity index (χ0) is 13.1. The van der Waals surface area contributed by atoms with E-state index in [2.05, 4.69) is 14.9 Å². The molecule has 7 heteroatoms. The minimum atomic E-state index is -1.03. The molecule has 5 nitrogen and oxygen atoms in total. The summed E-state index contributed by atoms with van der Waals surface area (Å²) >= 11 is 0.394. The molecule has 2 aromatic rings. The number of ether oxygens (including phenoxy) is 1. The van der Waals surface area contributed by atoms with E-state index in [0.29, 0.717) is 10.1 Å². The van der Waals surface area contributed by atoms with Gasteiger partial charge in [0, 0.05) is 37.0 Å². The van der Waals surface area contributed by atoms with Gasteiger partial charge in [-0.25, -0.2) is 4.98 Å². The molecule has 19 heavy (non-hydrogen) atoms. The number of nitrogens with zero attached hydrogens (tertiary/aromatic N) is 3. The monoisotopic (exact) mass is 297 g/mol. The molecule has 0 amide bonds. The van der Waals surface area contributed by atoms with Crippen molar-refractivity contribution in [3.63, 3.8) is 0 Å². The van der Waals surface area contributed by atoms with Crippen LogP contribution in [0.3, 0.4) is 0 Å². The molecule has 102 valence electrons. The first-order valence-corrected chi connectivity index (χ1v) is 8.36. The minimum Gasteiger partial charge on any atom is -0.610 e. The Morgan fingerprint density at radius 1 is 1.42 bits per heavy atom. The van der Waals surface area contributed by atoms with Crippen LogP contribution in [0.5, 0.6) is 0 Å². The van der Waals surface area contributed by atoms with E-state index in [0.717, 1.165) is 43.2 Å². The molecule has 0 N–H and O–H groups in total. The Morgan fingerprint density at radius 3 is 3.05 bits per heavy atom. The number of rotatable bonds is 4. The molecule has 1 unspecified atom stereocenters. The fourth-order valence-corrected chi connectivity index (χ4v) is 4.27. The molecule has 2 aromatic heterocycles. The van der Waals surface area contributed by atoms with Gasteiger partial charge in [-0.2, -0.15) is 4.98 Å². The SMILES string of the molecule is [O-][S+](CCN1CCOCC1)c1nc2cccnc2s1. The molecule has 0 aromatic carbocycles. The minimum absolute atomic E-state index is 0.625. The number of aromatic nitrogens is 2. The van der Waals surface area contributed by atoms with Gasteiger partial charge in [0.05, 0.1) is 13.2 Å². The van der Waals surface area contributed by atoms with Gasteiger partial charge in [0.25, 0.3) is 0 Å². The van der Waals surface area contributed by atoms with Crippen LogP contribution in [0.4, 0.5) is 0 Å². The van der Waals surface area contributed by atoms with E-state index >= 15 is 0 Å². The fourth-order valence-electron chi connectivity index (χ4n) is 1.97. The maximum absolute atomic E-state index is 12.2. The molecule has 0 saturated carbocycles. The molecule has 3 rings (SSSR count). The van der Waals surface area contributed by atoms with Gasteiger partial charge in [0.15, 0.2) is 0 Å². The van der Waals surface area contributed by atoms with Crippen molar-refractivity contribution in [2.24, 2.45) is 0 Å². The molecule has 0 bridgehead atoms. The lowest BCUT2D eigenvalue weighted by Crippen LogP contribution is -2.39. The summed E-state index contributed by atoms with van der Waals surface area (Å²) in [7, 11) is 0. The van der Waals surface area contributed by atoms with Crippen LogP contribution in [0.1, 0.15) is 0 Å². The van der Waals surface area contributed by atoms with Crippen molar-refractivity contribution in [2.45, 2.75) is 4.34 Å². The molecular formula is C12H15N3O2S2. The van der Waals surface area contributed by atoms with Crippen LogP contribution in [0.2, 0.25) is 0 Å². The fraction of sp³-hybridized carbons (Fsp3) is 0.500. The number of hydrogen-bond acceptors (Lipinski definition) is 6. The van der Waals surface area contributed by atoms with E-state index in [9.17, 15) is 4.55 Å². The Labute approximate surface area is 118 Å². The van der Waals surface area contributed by atoms with Gasteiger partial charge in [-0.05, 0) is 23.5 Å². The van der Waals surface area contributed by atoms with Crippen LogP contribution >= 0.6 is 11.3 Å². The third-order valence-electron chi connectivity index (χ3n) is 3.04. The summed E-state index contributed by atoms with van der Waals surface area (Å²) in [4.78, 5) is 11.8. The van der Waals surface area contributed by atoms with Crippen LogP contribution < -0.4 is 0 Å². The predicted octanol–water partition coefficient (Wildman–Crippen LogP) is 1.13. The van der Waals surface area contributed by atoms with Gasteiger partial charge in [0.2, 0.25) is 0 Å². The molecule has 1 aliphatic rings. The summed E-state index contributed by atoms with van der Waals surface area (Å²) in [6, 6.07) is 3.75. The van der Waals surface area contributed by atoms with Crippen molar-refractivity contribution < 1.29 is 9.29 Å². The van der Waals surface area contributed by atoms with Crippen molar-refractivity contribution in [1.29, 1.82) is 0 Å². The standard InChI is InChI=1S/C12H15N3O2S2/c16-19(9-6-15-4-7-17-8-5-15)12-14-10-2-1-3-13-11(10)18-12/h1-3H,4-9H2. The molecule has 0 radical (unpaired) electrons. The highest BCUT2D eigenvalue weighted by Gasteiger charge is 2.19.